The van der Waals surface area contributed by atoms with Crippen LogP contribution in [0.2, 0.25) is 0 Å². The van der Waals surface area contributed by atoms with Gasteiger partial charge in [0.2, 0.25) is 11.8 Å². The third kappa shape index (κ3) is 14.9. The zero-order chi connectivity index (χ0) is 66.5. The Morgan fingerprint density at radius 1 is 0.713 bits per heavy atom. The number of thiazole rings is 6. The predicted molar refractivity (Wildman–Crippen MR) is 346 cm³/mol. The molecule has 8 aromatic heterocycles. The summed E-state index contributed by atoms with van der Waals surface area (Å²) < 4.78 is 16.5. The van der Waals surface area contributed by atoms with Gasteiger partial charge in [0.1, 0.15) is 94.5 Å². The number of nitrogens with zero attached hydrogens (tertiary/aromatic N) is 9. The van der Waals surface area contributed by atoms with Crippen LogP contribution in [0.5, 0.6) is 0 Å². The van der Waals surface area contributed by atoms with Crippen LogP contribution in [-0.4, -0.2) is 130 Å². The molecule has 488 valence electrons. The Morgan fingerprint density at radius 2 is 1.43 bits per heavy atom. The van der Waals surface area contributed by atoms with Crippen molar-refractivity contribution >= 4 is 121 Å². The van der Waals surface area contributed by atoms with E-state index in [1.54, 1.807) is 65.5 Å². The highest BCUT2D eigenvalue weighted by Gasteiger charge is 2.35. The first-order valence-electron chi connectivity index (χ1n) is 29.0. The number of aliphatic hydroxyl groups excluding tert-OH is 1. The van der Waals surface area contributed by atoms with Gasteiger partial charge in [0.15, 0.2) is 0 Å². The first-order valence-corrected chi connectivity index (χ1v) is 34.2. The Hall–Kier alpha value is -9.16. The van der Waals surface area contributed by atoms with Crippen molar-refractivity contribution in [2.24, 2.45) is 11.8 Å². The standard InChI is InChI=1S/C60H58N14O14S6/c1-26(2)42-57-73-45(38(94-57)21-86-5)49(79)62-18-41(76)70-46(47(77)28-9-7-6-8-10-28)56-68-37(24-91-56)54-66-35(22-90-54)44-32(52-67-36(23-89-52)48(78)65-34(17-40(75)61-4)55-72-43(27(3)93-55)50(80)71-42)15-16-33(64-44)53-69-39(25-92-53)74(19-30-20-87-51(63-30)59(83)84)60(85)88-31-13-11-29(12-14-31)58(81)82/h6-10,15-16,20,22-26,29,31,34,42,46-47,77H,11-14,17-19,21H2,1-5H3,(H,61,75)(H,62,79)(H,65,78)(H,70,76)(H,71,80)(H,81,82)(H,83,84)/t29-,31-,34-,42?,46-,47-/m0/s1. The number of aromatic carboxylic acids is 1. The number of fused-ring (bicyclic) bond motifs is 14. The Kier molecular flexibility index (Phi) is 20.5. The number of methoxy groups -OCH3 is 1. The molecule has 10 bridgehead atoms. The van der Waals surface area contributed by atoms with E-state index in [0.717, 1.165) is 67.8 Å². The summed E-state index contributed by atoms with van der Waals surface area (Å²) in [5.41, 5.74) is 2.20. The number of aliphatic carboxylic acids is 1. The van der Waals surface area contributed by atoms with Crippen LogP contribution in [-0.2, 0) is 37.0 Å². The number of hydrogen-bond donors (Lipinski definition) is 8. The fourth-order valence-corrected chi connectivity index (χ4v) is 15.8. The molecule has 1 aromatic carbocycles. The molecule has 94 heavy (non-hydrogen) atoms. The lowest BCUT2D eigenvalue weighted by Gasteiger charge is -2.28. The minimum Gasteiger partial charge on any atom is -0.481 e. The van der Waals surface area contributed by atoms with E-state index in [2.05, 4.69) is 31.6 Å². The lowest BCUT2D eigenvalue weighted by molar-refractivity contribution is -0.143. The number of benzene rings is 1. The molecule has 0 radical (unpaired) electrons. The summed E-state index contributed by atoms with van der Waals surface area (Å²) in [5, 5.41) is 53.7. The normalized spacial score (nSPS) is 18.3. The number of amides is 6. The number of aliphatic hydroxyl groups is 1. The molecule has 8 N–H and O–H groups in total. The molecule has 9 aromatic rings. The van der Waals surface area contributed by atoms with Crippen LogP contribution >= 0.6 is 68.0 Å². The highest BCUT2D eigenvalue weighted by molar-refractivity contribution is 7.15. The van der Waals surface area contributed by atoms with E-state index in [9.17, 15) is 53.7 Å². The topological polar surface area (TPSA) is 395 Å². The van der Waals surface area contributed by atoms with Crippen LogP contribution in [0.4, 0.5) is 10.6 Å². The number of anilines is 1. The van der Waals surface area contributed by atoms with Crippen LogP contribution in [0.1, 0.15) is 148 Å². The third-order valence-electron chi connectivity index (χ3n) is 15.1. The smallest absolute Gasteiger partial charge is 0.416 e. The van der Waals surface area contributed by atoms with E-state index in [4.69, 9.17) is 48.8 Å². The number of hydrogen-bond acceptors (Lipinski definition) is 26. The molecule has 4 atom stereocenters. The second kappa shape index (κ2) is 29.0. The van der Waals surface area contributed by atoms with Crippen molar-refractivity contribution in [2.75, 3.05) is 25.6 Å². The maximum atomic E-state index is 14.4. The molecule has 11 rings (SSSR count). The molecule has 0 saturated heterocycles. The number of carbonyl (C=O) groups is 8. The number of pyridine rings is 1. The van der Waals surface area contributed by atoms with Gasteiger partial charge in [-0.15, -0.1) is 68.0 Å². The minimum atomic E-state index is -1.43. The highest BCUT2D eigenvalue weighted by Crippen LogP contribution is 2.41. The number of ether oxygens (including phenoxy) is 2. The number of carboxylic acid groups (broad SMARTS) is 2. The Balaban J connectivity index is 0.980. The molecule has 34 heteroatoms. The van der Waals surface area contributed by atoms with Crippen molar-refractivity contribution in [3.8, 4) is 43.4 Å². The van der Waals surface area contributed by atoms with Crippen LogP contribution in [0.15, 0.2) is 74.7 Å². The molecule has 1 fully saturated rings. The Bertz CT molecular complexity index is 4320. The van der Waals surface area contributed by atoms with Crippen LogP contribution in [0, 0.1) is 18.8 Å². The lowest BCUT2D eigenvalue weighted by atomic mass is 9.87. The van der Waals surface area contributed by atoms with Crippen LogP contribution in [0.25, 0.3) is 43.4 Å². The predicted octanol–water partition coefficient (Wildman–Crippen LogP) is 8.78. The Morgan fingerprint density at radius 3 is 2.15 bits per heavy atom. The average molecular weight is 1390 g/mol. The third-order valence-corrected chi connectivity index (χ3v) is 20.8. The van der Waals surface area contributed by atoms with E-state index in [-0.39, 0.29) is 64.8 Å². The van der Waals surface area contributed by atoms with E-state index in [1.807, 2.05) is 13.8 Å². The van der Waals surface area contributed by atoms with Gasteiger partial charge < -0.3 is 55.8 Å². The zero-order valence-electron chi connectivity index (χ0n) is 50.4. The number of carbonyl (C=O) groups excluding carboxylic acids is 6. The molecule has 2 aliphatic rings. The van der Waals surface area contributed by atoms with Crippen molar-refractivity contribution in [1.29, 1.82) is 0 Å². The summed E-state index contributed by atoms with van der Waals surface area (Å²) in [7, 11) is 2.91. The van der Waals surface area contributed by atoms with E-state index in [0.29, 0.717) is 88.7 Å². The van der Waals surface area contributed by atoms with Gasteiger partial charge in [-0.3, -0.25) is 33.7 Å². The molecule has 6 amide bonds. The second-order valence-corrected chi connectivity index (χ2v) is 27.7. The minimum absolute atomic E-state index is 0.0207. The molecular formula is C60H58N14O14S6. The van der Waals surface area contributed by atoms with Crippen molar-refractivity contribution in [3.63, 3.8) is 0 Å². The van der Waals surface area contributed by atoms with Gasteiger partial charge >= 0.3 is 23.9 Å². The molecule has 1 aliphatic carbocycles. The quantitative estimate of drug-likeness (QED) is 0.0504. The lowest BCUT2D eigenvalue weighted by Crippen LogP contribution is -2.40. The number of aryl methyl sites for hydroxylation is 1. The van der Waals surface area contributed by atoms with Gasteiger partial charge in [-0.05, 0) is 56.2 Å². The second-order valence-electron chi connectivity index (χ2n) is 21.9. The fraction of sp³-hybridized carbons (Fsp3) is 0.333. The first-order chi connectivity index (χ1) is 45.2. The van der Waals surface area contributed by atoms with E-state index < -0.39 is 96.3 Å². The maximum absolute atomic E-state index is 14.4. The molecule has 1 aliphatic heterocycles. The summed E-state index contributed by atoms with van der Waals surface area (Å²) >= 11 is 6.87. The first kappa shape index (κ1) is 66.3. The SMILES string of the molecule is CNC(=O)C[C@@H]1NC(=O)c2csc(n2)-c2ccc(-c3nc(N(Cc4coc(C(=O)O)n4)C(=O)O[C@H]4CC[C@H](C(=O)O)CC4)cs3)nc2-c2csc(n2)-c2csc(n2)[C@H]([C@@H](O)c2ccccc2)NC(=O)CNC(=O)c2nc(sc2COC)C(C(C)C)NC(=O)c2nc1sc2C. The van der Waals surface area contributed by atoms with Gasteiger partial charge in [-0.2, -0.15) is 0 Å². The Labute approximate surface area is 558 Å². The summed E-state index contributed by atoms with van der Waals surface area (Å²) in [6, 6.07) is 9.13. The molecule has 9 heterocycles. The number of rotatable bonds is 14. The molecule has 1 saturated carbocycles. The van der Waals surface area contributed by atoms with Crippen LogP contribution in [0.3, 0.4) is 0 Å². The van der Waals surface area contributed by atoms with Gasteiger partial charge in [0.25, 0.3) is 17.7 Å². The van der Waals surface area contributed by atoms with Crippen molar-refractivity contribution < 1.29 is 67.6 Å². The van der Waals surface area contributed by atoms with E-state index in [1.165, 1.54) is 30.9 Å². The van der Waals surface area contributed by atoms with Crippen molar-refractivity contribution in [3.05, 3.63) is 129 Å². The fourth-order valence-electron chi connectivity index (χ4n) is 10.2. The molecule has 28 nitrogen and oxygen atoms in total. The zero-order valence-corrected chi connectivity index (χ0v) is 55.3. The summed E-state index contributed by atoms with van der Waals surface area (Å²) in [6.07, 6.45) is -0.746. The highest BCUT2D eigenvalue weighted by atomic mass is 32.1. The van der Waals surface area contributed by atoms with Gasteiger partial charge in [-0.25, -0.2) is 49.5 Å². The van der Waals surface area contributed by atoms with Crippen molar-refractivity contribution in [2.45, 2.75) is 96.4 Å². The van der Waals surface area contributed by atoms with Crippen LogP contribution < -0.4 is 31.5 Å². The molecular weight excluding hydrogens is 1330 g/mol. The summed E-state index contributed by atoms with van der Waals surface area (Å²) in [6.45, 7) is 4.53. The average Bonchev–Trinajstić information content (AvgIpc) is 1.63. The number of oxazole rings is 1. The summed E-state index contributed by atoms with van der Waals surface area (Å²) in [5.74, 6) is -6.77. The largest absolute Gasteiger partial charge is 0.481 e. The number of aromatic nitrogens is 8. The van der Waals surface area contributed by atoms with Gasteiger partial charge in [0, 0.05) is 46.1 Å². The molecule has 1 unspecified atom stereocenters. The number of carboxylic acids is 2. The van der Waals surface area contributed by atoms with Crippen molar-refractivity contribution in [1.82, 2.24) is 66.5 Å². The molecule has 0 spiro atoms. The summed E-state index contributed by atoms with van der Waals surface area (Å²) in [4.78, 5) is 148. The van der Waals surface area contributed by atoms with Gasteiger partial charge in [-0.1, -0.05) is 44.2 Å². The number of nitrogens with one attached hydrogen (secondary N) is 5. The van der Waals surface area contributed by atoms with E-state index >= 15 is 0 Å². The monoisotopic (exact) mass is 1390 g/mol. The maximum Gasteiger partial charge on any atom is 0.416 e. The van der Waals surface area contributed by atoms with Gasteiger partial charge in [0.05, 0.1) is 60.4 Å².